The molecule has 0 bridgehead atoms. The van der Waals surface area contributed by atoms with E-state index >= 15 is 0 Å². The summed E-state index contributed by atoms with van der Waals surface area (Å²) in [6, 6.07) is 0. The Morgan fingerprint density at radius 2 is 1.80 bits per heavy atom. The third-order valence-electron chi connectivity index (χ3n) is 5.92. The molecule has 2 rings (SSSR count). The molecule has 0 spiro atoms. The first-order chi connectivity index (χ1) is 11.6. The highest BCUT2D eigenvalue weighted by atomic mass is 35.5. The van der Waals surface area contributed by atoms with Crippen molar-refractivity contribution in [1.82, 2.24) is 10.2 Å². The van der Waals surface area contributed by atoms with Crippen molar-refractivity contribution in [2.45, 2.75) is 71.1 Å². The SMILES string of the molecule is CCCCNC(=O)C1CCN(C(=O)CC2(CN)CCCCC2)CC1.Cl. The first-order valence-corrected chi connectivity index (χ1v) is 9.86. The molecule has 146 valence electrons. The van der Waals surface area contributed by atoms with Gasteiger partial charge in [0.15, 0.2) is 0 Å². The topological polar surface area (TPSA) is 75.4 Å². The number of likely N-dealkylation sites (tertiary alicyclic amines) is 1. The van der Waals surface area contributed by atoms with E-state index in [0.29, 0.717) is 26.1 Å². The van der Waals surface area contributed by atoms with Gasteiger partial charge in [-0.2, -0.15) is 0 Å². The number of rotatable bonds is 7. The molecule has 1 saturated heterocycles. The van der Waals surface area contributed by atoms with Crippen molar-refractivity contribution < 1.29 is 9.59 Å². The largest absolute Gasteiger partial charge is 0.356 e. The fourth-order valence-corrected chi connectivity index (χ4v) is 4.11. The van der Waals surface area contributed by atoms with E-state index in [1.807, 2.05) is 4.90 Å². The maximum atomic E-state index is 12.7. The lowest BCUT2D eigenvalue weighted by Gasteiger charge is -2.38. The quantitative estimate of drug-likeness (QED) is 0.674. The molecule has 3 N–H and O–H groups in total. The van der Waals surface area contributed by atoms with E-state index in [4.69, 9.17) is 5.73 Å². The van der Waals surface area contributed by atoms with Gasteiger partial charge in [-0.3, -0.25) is 9.59 Å². The van der Waals surface area contributed by atoms with Crippen molar-refractivity contribution in [2.75, 3.05) is 26.2 Å². The van der Waals surface area contributed by atoms with Gasteiger partial charge in [-0.05, 0) is 44.1 Å². The molecule has 0 aromatic carbocycles. The van der Waals surface area contributed by atoms with Gasteiger partial charge in [-0.15, -0.1) is 12.4 Å². The standard InChI is InChI=1S/C19H35N3O2.ClH/c1-2-3-11-21-18(24)16-7-12-22(13-8-16)17(23)14-19(15-20)9-5-4-6-10-19;/h16H,2-15,20H2,1H3,(H,21,24);1H. The Balaban J connectivity index is 0.00000312. The Kier molecular flexibility index (Phi) is 9.80. The van der Waals surface area contributed by atoms with Crippen LogP contribution < -0.4 is 11.1 Å². The van der Waals surface area contributed by atoms with Crippen LogP contribution in [0.3, 0.4) is 0 Å². The lowest BCUT2D eigenvalue weighted by atomic mass is 9.71. The zero-order valence-electron chi connectivity index (χ0n) is 15.7. The van der Waals surface area contributed by atoms with Crippen molar-refractivity contribution in [3.8, 4) is 0 Å². The summed E-state index contributed by atoms with van der Waals surface area (Å²) in [5.41, 5.74) is 6.04. The van der Waals surface area contributed by atoms with Gasteiger partial charge in [0.2, 0.25) is 11.8 Å². The van der Waals surface area contributed by atoms with E-state index in [2.05, 4.69) is 12.2 Å². The van der Waals surface area contributed by atoms with Gasteiger partial charge in [-0.25, -0.2) is 0 Å². The molecule has 2 amide bonds. The van der Waals surface area contributed by atoms with Crippen LogP contribution in [0.4, 0.5) is 0 Å². The Bertz CT molecular complexity index is 417. The third-order valence-corrected chi connectivity index (χ3v) is 5.92. The number of hydrogen-bond acceptors (Lipinski definition) is 3. The average Bonchev–Trinajstić information content (AvgIpc) is 2.62. The molecule has 25 heavy (non-hydrogen) atoms. The summed E-state index contributed by atoms with van der Waals surface area (Å²) in [4.78, 5) is 26.8. The fourth-order valence-electron chi connectivity index (χ4n) is 4.11. The normalized spacial score (nSPS) is 20.6. The molecule has 0 aromatic heterocycles. The van der Waals surface area contributed by atoms with Gasteiger partial charge in [0.25, 0.3) is 0 Å². The lowest BCUT2D eigenvalue weighted by Crippen LogP contribution is -2.45. The summed E-state index contributed by atoms with van der Waals surface area (Å²) in [6.45, 7) is 4.94. The fraction of sp³-hybridized carbons (Fsp3) is 0.895. The number of nitrogens with two attached hydrogens (primary N) is 1. The minimum Gasteiger partial charge on any atom is -0.356 e. The van der Waals surface area contributed by atoms with Crippen molar-refractivity contribution >= 4 is 24.2 Å². The van der Waals surface area contributed by atoms with Crippen molar-refractivity contribution in [3.05, 3.63) is 0 Å². The molecule has 0 radical (unpaired) electrons. The van der Waals surface area contributed by atoms with Crippen molar-refractivity contribution in [1.29, 1.82) is 0 Å². The zero-order chi connectivity index (χ0) is 17.4. The summed E-state index contributed by atoms with van der Waals surface area (Å²) in [5, 5.41) is 3.02. The summed E-state index contributed by atoms with van der Waals surface area (Å²) < 4.78 is 0. The number of halogens is 1. The minimum absolute atomic E-state index is 0. The monoisotopic (exact) mass is 373 g/mol. The second kappa shape index (κ2) is 11.0. The van der Waals surface area contributed by atoms with Gasteiger partial charge in [0.05, 0.1) is 0 Å². The van der Waals surface area contributed by atoms with E-state index in [1.165, 1.54) is 19.3 Å². The van der Waals surface area contributed by atoms with E-state index in [0.717, 1.165) is 45.1 Å². The van der Waals surface area contributed by atoms with Gasteiger partial charge in [0.1, 0.15) is 0 Å². The molecule has 6 heteroatoms. The number of amides is 2. The number of piperidine rings is 1. The molecule has 5 nitrogen and oxygen atoms in total. The van der Waals surface area contributed by atoms with Crippen LogP contribution in [0.15, 0.2) is 0 Å². The van der Waals surface area contributed by atoms with Gasteiger partial charge in [-0.1, -0.05) is 32.6 Å². The molecule has 2 aliphatic rings. The predicted molar refractivity (Wildman–Crippen MR) is 104 cm³/mol. The zero-order valence-corrected chi connectivity index (χ0v) is 16.5. The maximum absolute atomic E-state index is 12.7. The Morgan fingerprint density at radius 1 is 1.16 bits per heavy atom. The lowest BCUT2D eigenvalue weighted by molar-refractivity contribution is -0.138. The molecule has 0 atom stereocenters. The van der Waals surface area contributed by atoms with Crippen LogP contribution in [-0.4, -0.2) is 42.9 Å². The van der Waals surface area contributed by atoms with Crippen molar-refractivity contribution in [3.63, 3.8) is 0 Å². The first-order valence-electron chi connectivity index (χ1n) is 9.86. The number of hydrogen-bond donors (Lipinski definition) is 2. The number of nitrogens with zero attached hydrogens (tertiary/aromatic N) is 1. The minimum atomic E-state index is 0. The Hall–Kier alpha value is -0.810. The summed E-state index contributed by atoms with van der Waals surface area (Å²) >= 11 is 0. The third kappa shape index (κ3) is 6.45. The van der Waals surface area contributed by atoms with Crippen LogP contribution in [0, 0.1) is 11.3 Å². The van der Waals surface area contributed by atoms with Crippen LogP contribution in [0.2, 0.25) is 0 Å². The molecule has 2 fully saturated rings. The Morgan fingerprint density at radius 3 is 2.36 bits per heavy atom. The highest BCUT2D eigenvalue weighted by Crippen LogP contribution is 2.39. The van der Waals surface area contributed by atoms with E-state index in [9.17, 15) is 9.59 Å². The smallest absolute Gasteiger partial charge is 0.223 e. The predicted octanol–water partition coefficient (Wildman–Crippen LogP) is 2.86. The van der Waals surface area contributed by atoms with Gasteiger partial charge in [0, 0.05) is 32.0 Å². The van der Waals surface area contributed by atoms with Crippen LogP contribution in [0.5, 0.6) is 0 Å². The molecule has 0 aromatic rings. The summed E-state index contributed by atoms with van der Waals surface area (Å²) in [6.07, 6.45) is 10.1. The Labute approximate surface area is 158 Å². The number of carbonyl (C=O) groups excluding carboxylic acids is 2. The van der Waals surface area contributed by atoms with E-state index in [1.54, 1.807) is 0 Å². The highest BCUT2D eigenvalue weighted by Gasteiger charge is 2.35. The maximum Gasteiger partial charge on any atom is 0.223 e. The molecule has 1 aliphatic heterocycles. The highest BCUT2D eigenvalue weighted by molar-refractivity contribution is 5.85. The summed E-state index contributed by atoms with van der Waals surface area (Å²) in [5.74, 6) is 0.484. The molecule has 1 heterocycles. The average molecular weight is 374 g/mol. The van der Waals surface area contributed by atoms with Crippen molar-refractivity contribution in [2.24, 2.45) is 17.1 Å². The number of nitrogens with one attached hydrogen (secondary N) is 1. The molecular formula is C19H36ClN3O2. The second-order valence-electron chi connectivity index (χ2n) is 7.74. The molecule has 1 aliphatic carbocycles. The number of unbranched alkanes of at least 4 members (excludes halogenated alkanes) is 1. The molecule has 0 unspecified atom stereocenters. The van der Waals surface area contributed by atoms with Gasteiger partial charge < -0.3 is 16.0 Å². The van der Waals surface area contributed by atoms with Gasteiger partial charge >= 0.3 is 0 Å². The van der Waals surface area contributed by atoms with E-state index < -0.39 is 0 Å². The first kappa shape index (κ1) is 22.2. The van der Waals surface area contributed by atoms with E-state index in [-0.39, 0.29) is 35.6 Å². The number of carbonyl (C=O) groups is 2. The van der Waals surface area contributed by atoms with Crippen LogP contribution in [0.25, 0.3) is 0 Å². The van der Waals surface area contributed by atoms with Crippen LogP contribution in [-0.2, 0) is 9.59 Å². The van der Waals surface area contributed by atoms with Crippen LogP contribution in [0.1, 0.15) is 71.1 Å². The summed E-state index contributed by atoms with van der Waals surface area (Å²) in [7, 11) is 0. The second-order valence-corrected chi connectivity index (χ2v) is 7.74. The van der Waals surface area contributed by atoms with Crippen LogP contribution >= 0.6 is 12.4 Å². The molecular weight excluding hydrogens is 338 g/mol. The molecule has 1 saturated carbocycles.